The largest absolute Gasteiger partial charge is 0.327 e. The molecule has 1 fully saturated rings. The standard InChI is InChI=1S/C18H21FN4/c1-12-3-4-15(19)14-7-10-23(17(12)14)18-20-11-16(21-18)13-5-8-22(2)9-6-13/h3-4,7,10-11,13H,5-6,8-9H2,1-2H3,(H,20,21). The number of H-pyrrole nitrogens is 1. The number of aromatic nitrogens is 3. The molecular weight excluding hydrogens is 291 g/mol. The molecule has 2 aromatic heterocycles. The predicted octanol–water partition coefficient (Wildman–Crippen LogP) is 3.61. The summed E-state index contributed by atoms with van der Waals surface area (Å²) in [4.78, 5) is 10.4. The topological polar surface area (TPSA) is 36.9 Å². The van der Waals surface area contributed by atoms with Crippen LogP contribution < -0.4 is 0 Å². The number of nitrogens with zero attached hydrogens (tertiary/aromatic N) is 3. The Morgan fingerprint density at radius 1 is 1.22 bits per heavy atom. The highest BCUT2D eigenvalue weighted by atomic mass is 19.1. The van der Waals surface area contributed by atoms with Crippen molar-refractivity contribution < 1.29 is 4.39 Å². The number of aryl methyl sites for hydroxylation is 1. The van der Waals surface area contributed by atoms with Gasteiger partial charge in [0.05, 0.1) is 11.7 Å². The molecule has 3 heterocycles. The number of likely N-dealkylation sites (tertiary alicyclic amines) is 1. The number of piperidine rings is 1. The molecule has 0 bridgehead atoms. The molecule has 1 aromatic carbocycles. The van der Waals surface area contributed by atoms with Crippen molar-refractivity contribution >= 4 is 10.9 Å². The lowest BCUT2D eigenvalue weighted by Gasteiger charge is -2.28. The van der Waals surface area contributed by atoms with Gasteiger partial charge in [0.1, 0.15) is 5.82 Å². The highest BCUT2D eigenvalue weighted by Crippen LogP contribution is 2.28. The molecule has 0 aliphatic carbocycles. The first-order valence-corrected chi connectivity index (χ1v) is 8.13. The van der Waals surface area contributed by atoms with Crippen LogP contribution in [0.3, 0.4) is 0 Å². The lowest BCUT2D eigenvalue weighted by atomic mass is 9.94. The minimum absolute atomic E-state index is 0.188. The first kappa shape index (κ1) is 14.5. The Hall–Kier alpha value is -2.14. The minimum Gasteiger partial charge on any atom is -0.327 e. The van der Waals surface area contributed by atoms with E-state index in [-0.39, 0.29) is 5.82 Å². The van der Waals surface area contributed by atoms with Gasteiger partial charge in [-0.25, -0.2) is 9.37 Å². The molecule has 0 unspecified atom stereocenters. The van der Waals surface area contributed by atoms with Crippen LogP contribution in [0.4, 0.5) is 4.39 Å². The van der Waals surface area contributed by atoms with Crippen LogP contribution in [-0.4, -0.2) is 39.6 Å². The monoisotopic (exact) mass is 312 g/mol. The van der Waals surface area contributed by atoms with Gasteiger partial charge in [0.25, 0.3) is 0 Å². The Kier molecular flexibility index (Phi) is 3.45. The maximum Gasteiger partial charge on any atom is 0.211 e. The predicted molar refractivity (Wildman–Crippen MR) is 89.6 cm³/mol. The fraction of sp³-hybridized carbons (Fsp3) is 0.389. The van der Waals surface area contributed by atoms with E-state index in [1.54, 1.807) is 0 Å². The molecule has 1 aliphatic rings. The Balaban J connectivity index is 1.71. The fourth-order valence-electron chi connectivity index (χ4n) is 3.54. The molecule has 0 atom stereocenters. The van der Waals surface area contributed by atoms with Crippen LogP contribution in [0, 0.1) is 12.7 Å². The van der Waals surface area contributed by atoms with Crippen LogP contribution in [0.1, 0.15) is 30.0 Å². The van der Waals surface area contributed by atoms with Crippen molar-refractivity contribution in [1.29, 1.82) is 0 Å². The van der Waals surface area contributed by atoms with Crippen molar-refractivity contribution in [1.82, 2.24) is 19.4 Å². The number of halogens is 1. The van der Waals surface area contributed by atoms with Crippen molar-refractivity contribution in [3.8, 4) is 5.95 Å². The van der Waals surface area contributed by atoms with Gasteiger partial charge in [-0.1, -0.05) is 6.07 Å². The van der Waals surface area contributed by atoms with E-state index >= 15 is 0 Å². The van der Waals surface area contributed by atoms with Crippen LogP contribution in [0.5, 0.6) is 0 Å². The van der Waals surface area contributed by atoms with Gasteiger partial charge in [0.2, 0.25) is 5.95 Å². The fourth-order valence-corrected chi connectivity index (χ4v) is 3.54. The summed E-state index contributed by atoms with van der Waals surface area (Å²) in [5.74, 6) is 1.11. The number of fused-ring (bicyclic) bond motifs is 1. The summed E-state index contributed by atoms with van der Waals surface area (Å²) in [6.07, 6.45) is 6.13. The summed E-state index contributed by atoms with van der Waals surface area (Å²) < 4.78 is 15.9. The van der Waals surface area contributed by atoms with Gasteiger partial charge >= 0.3 is 0 Å². The summed E-state index contributed by atoms with van der Waals surface area (Å²) in [6.45, 7) is 4.24. The first-order chi connectivity index (χ1) is 11.1. The molecule has 0 spiro atoms. The average molecular weight is 312 g/mol. The number of hydrogen-bond acceptors (Lipinski definition) is 2. The molecule has 1 aliphatic heterocycles. The van der Waals surface area contributed by atoms with E-state index in [2.05, 4.69) is 21.9 Å². The van der Waals surface area contributed by atoms with E-state index in [9.17, 15) is 4.39 Å². The normalized spacial score (nSPS) is 17.2. The van der Waals surface area contributed by atoms with E-state index < -0.39 is 0 Å². The van der Waals surface area contributed by atoms with E-state index in [0.717, 1.165) is 43.0 Å². The quantitative estimate of drug-likeness (QED) is 0.785. The first-order valence-electron chi connectivity index (χ1n) is 8.13. The average Bonchev–Trinajstić information content (AvgIpc) is 3.18. The van der Waals surface area contributed by atoms with Crippen molar-refractivity contribution in [3.05, 3.63) is 47.7 Å². The third-order valence-corrected chi connectivity index (χ3v) is 4.97. The molecule has 1 saturated heterocycles. The third kappa shape index (κ3) is 2.45. The van der Waals surface area contributed by atoms with E-state index in [0.29, 0.717) is 11.3 Å². The van der Waals surface area contributed by atoms with Gasteiger partial charge < -0.3 is 9.88 Å². The summed E-state index contributed by atoms with van der Waals surface area (Å²) in [7, 11) is 2.16. The molecule has 0 radical (unpaired) electrons. The van der Waals surface area contributed by atoms with Gasteiger partial charge in [-0.05, 0) is 57.6 Å². The van der Waals surface area contributed by atoms with Crippen LogP contribution in [0.25, 0.3) is 16.9 Å². The molecule has 4 rings (SSSR count). The third-order valence-electron chi connectivity index (χ3n) is 4.97. The van der Waals surface area contributed by atoms with Crippen molar-refractivity contribution in [2.45, 2.75) is 25.7 Å². The molecule has 0 saturated carbocycles. The number of nitrogens with one attached hydrogen (secondary N) is 1. The zero-order chi connectivity index (χ0) is 16.0. The van der Waals surface area contributed by atoms with Crippen LogP contribution >= 0.6 is 0 Å². The molecule has 0 amide bonds. The zero-order valence-corrected chi connectivity index (χ0v) is 13.5. The number of aromatic amines is 1. The molecule has 5 heteroatoms. The van der Waals surface area contributed by atoms with Gasteiger partial charge in [-0.3, -0.25) is 4.57 Å². The van der Waals surface area contributed by atoms with Gasteiger partial charge in [0.15, 0.2) is 0 Å². The molecule has 3 aromatic rings. The Morgan fingerprint density at radius 2 is 2.00 bits per heavy atom. The van der Waals surface area contributed by atoms with E-state index in [4.69, 9.17) is 0 Å². The number of rotatable bonds is 2. The Labute approximate surface area is 134 Å². The maximum atomic E-state index is 14.0. The van der Waals surface area contributed by atoms with Crippen molar-refractivity contribution in [2.75, 3.05) is 20.1 Å². The Morgan fingerprint density at radius 3 is 2.78 bits per heavy atom. The second kappa shape index (κ2) is 5.49. The molecule has 120 valence electrons. The maximum absolute atomic E-state index is 14.0. The molecule has 1 N–H and O–H groups in total. The van der Waals surface area contributed by atoms with Gasteiger partial charge in [-0.2, -0.15) is 0 Å². The molecule has 4 nitrogen and oxygen atoms in total. The molecular formula is C18H21FN4. The summed E-state index contributed by atoms with van der Waals surface area (Å²) in [6, 6.07) is 5.15. The summed E-state index contributed by atoms with van der Waals surface area (Å²) in [5.41, 5.74) is 3.11. The number of imidazole rings is 1. The number of benzene rings is 1. The van der Waals surface area contributed by atoms with Crippen molar-refractivity contribution in [3.63, 3.8) is 0 Å². The minimum atomic E-state index is -0.188. The summed E-state index contributed by atoms with van der Waals surface area (Å²) in [5, 5.41) is 0.641. The lowest BCUT2D eigenvalue weighted by molar-refractivity contribution is 0.253. The molecule has 23 heavy (non-hydrogen) atoms. The second-order valence-corrected chi connectivity index (χ2v) is 6.55. The zero-order valence-electron chi connectivity index (χ0n) is 13.5. The smallest absolute Gasteiger partial charge is 0.211 e. The highest BCUT2D eigenvalue weighted by molar-refractivity contribution is 5.85. The lowest BCUT2D eigenvalue weighted by Crippen LogP contribution is -2.29. The number of hydrogen-bond donors (Lipinski definition) is 1. The van der Waals surface area contributed by atoms with Gasteiger partial charge in [0, 0.05) is 23.2 Å². The van der Waals surface area contributed by atoms with Gasteiger partial charge in [-0.15, -0.1) is 0 Å². The highest BCUT2D eigenvalue weighted by Gasteiger charge is 2.21. The SMILES string of the molecule is Cc1ccc(F)c2ccn(-c3ncc(C4CCN(C)CC4)[nH]3)c12. The second-order valence-electron chi connectivity index (χ2n) is 6.55. The van der Waals surface area contributed by atoms with Crippen LogP contribution in [-0.2, 0) is 0 Å². The van der Waals surface area contributed by atoms with Crippen LogP contribution in [0.2, 0.25) is 0 Å². The Bertz CT molecular complexity index is 840. The van der Waals surface area contributed by atoms with E-state index in [1.807, 2.05) is 36.0 Å². The summed E-state index contributed by atoms with van der Waals surface area (Å²) >= 11 is 0. The van der Waals surface area contributed by atoms with Crippen LogP contribution in [0.15, 0.2) is 30.6 Å². The van der Waals surface area contributed by atoms with E-state index in [1.165, 1.54) is 11.8 Å². The van der Waals surface area contributed by atoms with Crippen molar-refractivity contribution in [2.24, 2.45) is 0 Å².